The molecule has 1 aliphatic rings. The van der Waals surface area contributed by atoms with Crippen LogP contribution in [-0.4, -0.2) is 30.0 Å². The number of nitriles is 1. The lowest BCUT2D eigenvalue weighted by Gasteiger charge is -2.30. The lowest BCUT2D eigenvalue weighted by molar-refractivity contribution is 0.216. The molecule has 0 aliphatic heterocycles. The first kappa shape index (κ1) is 14.2. The Morgan fingerprint density at radius 3 is 2.86 bits per heavy atom. The predicted molar refractivity (Wildman–Crippen MR) is 86.2 cm³/mol. The Morgan fingerprint density at radius 2 is 2.14 bits per heavy atom. The van der Waals surface area contributed by atoms with E-state index in [4.69, 9.17) is 5.26 Å². The Labute approximate surface area is 126 Å². The van der Waals surface area contributed by atoms with Crippen LogP contribution in [0.4, 0.5) is 0 Å². The number of benzene rings is 1. The van der Waals surface area contributed by atoms with Crippen LogP contribution in [0, 0.1) is 17.2 Å². The summed E-state index contributed by atoms with van der Waals surface area (Å²) in [5.41, 5.74) is 3.30. The number of aromatic nitrogens is 1. The summed E-state index contributed by atoms with van der Waals surface area (Å²) in [5, 5.41) is 10.4. The summed E-state index contributed by atoms with van der Waals surface area (Å²) in [4.78, 5) is 5.71. The molecule has 0 amide bonds. The number of nitrogens with one attached hydrogen (secondary N) is 1. The molecule has 21 heavy (non-hydrogen) atoms. The highest BCUT2D eigenvalue weighted by Crippen LogP contribution is 2.44. The highest BCUT2D eigenvalue weighted by Gasteiger charge is 2.34. The zero-order chi connectivity index (χ0) is 15.0. The highest BCUT2D eigenvalue weighted by molar-refractivity contribution is 5.85. The van der Waals surface area contributed by atoms with Crippen molar-refractivity contribution in [2.24, 2.45) is 5.92 Å². The van der Waals surface area contributed by atoms with Crippen LogP contribution in [0.25, 0.3) is 10.9 Å². The number of rotatable bonds is 3. The maximum Gasteiger partial charge on any atom is 0.0991 e. The van der Waals surface area contributed by atoms with Crippen LogP contribution in [0.15, 0.2) is 24.4 Å². The van der Waals surface area contributed by atoms with Gasteiger partial charge in [0.15, 0.2) is 0 Å². The van der Waals surface area contributed by atoms with Crippen LogP contribution in [0.5, 0.6) is 0 Å². The first-order valence-corrected chi connectivity index (χ1v) is 7.79. The Morgan fingerprint density at radius 1 is 1.33 bits per heavy atom. The van der Waals surface area contributed by atoms with Crippen molar-refractivity contribution in [2.45, 2.75) is 38.1 Å². The van der Waals surface area contributed by atoms with Crippen molar-refractivity contribution in [1.29, 1.82) is 5.26 Å². The Hall–Kier alpha value is -1.79. The van der Waals surface area contributed by atoms with E-state index in [1.807, 2.05) is 18.2 Å². The van der Waals surface area contributed by atoms with E-state index in [2.05, 4.69) is 43.2 Å². The molecule has 1 fully saturated rings. The Balaban J connectivity index is 2.01. The molecule has 2 aromatic rings. The summed E-state index contributed by atoms with van der Waals surface area (Å²) >= 11 is 0. The second-order valence-corrected chi connectivity index (χ2v) is 6.52. The lowest BCUT2D eigenvalue weighted by Crippen LogP contribution is -2.33. The van der Waals surface area contributed by atoms with Gasteiger partial charge in [-0.15, -0.1) is 0 Å². The van der Waals surface area contributed by atoms with Crippen LogP contribution in [-0.2, 0) is 0 Å². The highest BCUT2D eigenvalue weighted by atomic mass is 15.1. The smallest absolute Gasteiger partial charge is 0.0991 e. The molecule has 1 aliphatic carbocycles. The molecule has 1 aromatic heterocycles. The number of hydrogen-bond donors (Lipinski definition) is 1. The summed E-state index contributed by atoms with van der Waals surface area (Å²) < 4.78 is 0. The lowest BCUT2D eigenvalue weighted by atomic mass is 9.84. The van der Waals surface area contributed by atoms with Crippen molar-refractivity contribution >= 4 is 10.9 Å². The fourth-order valence-corrected chi connectivity index (χ4v) is 3.85. The molecule has 3 nitrogen and oxygen atoms in total. The number of nitrogens with zero attached hydrogens (tertiary/aromatic N) is 2. The minimum absolute atomic E-state index is 0.585. The molecule has 0 radical (unpaired) electrons. The molecule has 0 saturated heterocycles. The second kappa shape index (κ2) is 5.54. The van der Waals surface area contributed by atoms with E-state index in [1.54, 1.807) is 0 Å². The van der Waals surface area contributed by atoms with E-state index in [0.717, 1.165) is 11.1 Å². The summed E-state index contributed by atoms with van der Waals surface area (Å²) in [6.45, 7) is 2.33. The maximum absolute atomic E-state index is 9.14. The number of fused-ring (bicyclic) bond motifs is 1. The fourth-order valence-electron chi connectivity index (χ4n) is 3.85. The second-order valence-electron chi connectivity index (χ2n) is 6.52. The van der Waals surface area contributed by atoms with Crippen molar-refractivity contribution in [2.75, 3.05) is 14.1 Å². The standard InChI is InChI=1S/C18H23N3/c1-12(21(2)3)14-5-4-6-15(14)17-11-20-18-8-7-13(10-19)9-16(17)18/h7-9,11-12,14-15,20H,4-6H2,1-3H3. The van der Waals surface area contributed by atoms with Crippen molar-refractivity contribution in [1.82, 2.24) is 9.88 Å². The summed E-state index contributed by atoms with van der Waals surface area (Å²) in [6.07, 6.45) is 6.02. The minimum atomic E-state index is 0.585. The van der Waals surface area contributed by atoms with Gasteiger partial charge in [0.1, 0.15) is 0 Å². The normalized spacial score (nSPS) is 23.6. The zero-order valence-corrected chi connectivity index (χ0v) is 13.1. The van der Waals surface area contributed by atoms with Gasteiger partial charge in [0, 0.05) is 23.1 Å². The van der Waals surface area contributed by atoms with Crippen molar-refractivity contribution in [3.63, 3.8) is 0 Å². The average Bonchev–Trinajstić information content (AvgIpc) is 3.11. The molecule has 3 atom stereocenters. The molecule has 1 saturated carbocycles. The van der Waals surface area contributed by atoms with Gasteiger partial charge >= 0.3 is 0 Å². The van der Waals surface area contributed by atoms with Gasteiger partial charge in [0.05, 0.1) is 11.6 Å². The first-order valence-electron chi connectivity index (χ1n) is 7.79. The molecule has 3 heteroatoms. The topological polar surface area (TPSA) is 42.8 Å². The van der Waals surface area contributed by atoms with Crippen molar-refractivity contribution in [3.05, 3.63) is 35.5 Å². The van der Waals surface area contributed by atoms with Gasteiger partial charge < -0.3 is 9.88 Å². The number of hydrogen-bond acceptors (Lipinski definition) is 2. The monoisotopic (exact) mass is 281 g/mol. The molecule has 110 valence electrons. The molecule has 3 rings (SSSR count). The van der Waals surface area contributed by atoms with Gasteiger partial charge in [-0.2, -0.15) is 5.26 Å². The maximum atomic E-state index is 9.14. The van der Waals surface area contributed by atoms with E-state index in [1.165, 1.54) is 30.2 Å². The van der Waals surface area contributed by atoms with Gasteiger partial charge in [-0.25, -0.2) is 0 Å². The van der Waals surface area contributed by atoms with Gasteiger partial charge in [-0.3, -0.25) is 0 Å². The first-order chi connectivity index (χ1) is 10.1. The quantitative estimate of drug-likeness (QED) is 0.928. The van der Waals surface area contributed by atoms with E-state index in [9.17, 15) is 0 Å². The van der Waals surface area contributed by atoms with Gasteiger partial charge in [-0.05, 0) is 69.5 Å². The van der Waals surface area contributed by atoms with Crippen molar-refractivity contribution < 1.29 is 0 Å². The van der Waals surface area contributed by atoms with E-state index in [-0.39, 0.29) is 0 Å². The van der Waals surface area contributed by atoms with E-state index in [0.29, 0.717) is 17.9 Å². The third kappa shape index (κ3) is 2.45. The van der Waals surface area contributed by atoms with Crippen LogP contribution < -0.4 is 0 Å². The minimum Gasteiger partial charge on any atom is -0.361 e. The van der Waals surface area contributed by atoms with Crippen LogP contribution in [0.2, 0.25) is 0 Å². The summed E-state index contributed by atoms with van der Waals surface area (Å²) in [7, 11) is 4.34. The van der Waals surface area contributed by atoms with Crippen molar-refractivity contribution in [3.8, 4) is 6.07 Å². The third-order valence-electron chi connectivity index (χ3n) is 5.25. The van der Waals surface area contributed by atoms with E-state index >= 15 is 0 Å². The van der Waals surface area contributed by atoms with Crippen LogP contribution in [0.3, 0.4) is 0 Å². The zero-order valence-electron chi connectivity index (χ0n) is 13.1. The summed E-state index contributed by atoms with van der Waals surface area (Å²) in [6, 6.07) is 8.79. The third-order valence-corrected chi connectivity index (χ3v) is 5.25. The van der Waals surface area contributed by atoms with Crippen LogP contribution >= 0.6 is 0 Å². The SMILES string of the molecule is CC(C1CCCC1c1c[nH]c2ccc(C#N)cc12)N(C)C. The molecule has 1 aromatic carbocycles. The van der Waals surface area contributed by atoms with E-state index < -0.39 is 0 Å². The van der Waals surface area contributed by atoms with Gasteiger partial charge in [0.2, 0.25) is 0 Å². The van der Waals surface area contributed by atoms with Gasteiger partial charge in [0.25, 0.3) is 0 Å². The fraction of sp³-hybridized carbons (Fsp3) is 0.500. The Bertz CT molecular complexity index is 677. The molecular formula is C18H23N3. The molecule has 1 heterocycles. The summed E-state index contributed by atoms with van der Waals surface area (Å²) in [5.74, 6) is 1.30. The molecule has 1 N–H and O–H groups in total. The number of aromatic amines is 1. The molecule has 3 unspecified atom stereocenters. The Kier molecular flexibility index (Phi) is 3.73. The molecule has 0 spiro atoms. The van der Waals surface area contributed by atoms with Crippen LogP contribution in [0.1, 0.15) is 43.2 Å². The predicted octanol–water partition coefficient (Wildman–Crippen LogP) is 3.87. The average molecular weight is 281 g/mol. The molecular weight excluding hydrogens is 258 g/mol. The molecule has 0 bridgehead atoms. The van der Waals surface area contributed by atoms with Gasteiger partial charge in [-0.1, -0.05) is 6.42 Å². The largest absolute Gasteiger partial charge is 0.361 e. The number of H-pyrrole nitrogens is 1.